The molecule has 3 aromatic rings. The minimum Gasteiger partial charge on any atom is -0.504 e. The predicted molar refractivity (Wildman–Crippen MR) is 127 cm³/mol. The van der Waals surface area contributed by atoms with Crippen LogP contribution in [0.15, 0.2) is 47.0 Å². The minimum absolute atomic E-state index is 0.0239. The number of carbonyl (C=O) groups is 1. The van der Waals surface area contributed by atoms with Crippen LogP contribution < -0.4 is 10.1 Å². The molecule has 0 bridgehead atoms. The molecule has 1 fully saturated rings. The number of methoxy groups -OCH3 is 1. The molecule has 0 unspecified atom stereocenters. The molecule has 0 radical (unpaired) electrons. The zero-order valence-corrected chi connectivity index (χ0v) is 19.6. The van der Waals surface area contributed by atoms with E-state index in [0.717, 1.165) is 16.7 Å². The van der Waals surface area contributed by atoms with Crippen molar-refractivity contribution >= 4 is 34.5 Å². The van der Waals surface area contributed by atoms with Crippen molar-refractivity contribution in [1.82, 2.24) is 5.16 Å². The largest absolute Gasteiger partial charge is 0.504 e. The molecular formula is C25H23ClN2O6. The Balaban J connectivity index is 1.48. The first-order chi connectivity index (χ1) is 16.3. The van der Waals surface area contributed by atoms with Crippen LogP contribution in [0.2, 0.25) is 5.02 Å². The SMILES string of the molecule is COc1cc(/C(O)=C2\C(=O)Nc3cc(Cl)c(-c4ccc(C5COC(C)(C)OC5)cc4)cc32)on1. The van der Waals surface area contributed by atoms with Crippen LogP contribution in [0, 0.1) is 0 Å². The summed E-state index contributed by atoms with van der Waals surface area (Å²) in [5.41, 5.74) is 3.78. The van der Waals surface area contributed by atoms with Gasteiger partial charge in [0.2, 0.25) is 5.76 Å². The molecule has 1 saturated heterocycles. The van der Waals surface area contributed by atoms with Gasteiger partial charge in [-0.1, -0.05) is 35.9 Å². The van der Waals surface area contributed by atoms with Gasteiger partial charge in [0.15, 0.2) is 11.5 Å². The maximum absolute atomic E-state index is 12.7. The molecule has 1 aromatic heterocycles. The fourth-order valence-electron chi connectivity index (χ4n) is 4.06. The summed E-state index contributed by atoms with van der Waals surface area (Å²) in [5, 5.41) is 17.7. The topological polar surface area (TPSA) is 103 Å². The van der Waals surface area contributed by atoms with Crippen LogP contribution in [-0.2, 0) is 14.3 Å². The van der Waals surface area contributed by atoms with Crippen molar-refractivity contribution in [2.24, 2.45) is 0 Å². The average Bonchev–Trinajstić information content (AvgIpc) is 3.42. The zero-order chi connectivity index (χ0) is 24.0. The molecule has 176 valence electrons. The lowest BCUT2D eigenvalue weighted by molar-refractivity contribution is -0.251. The van der Waals surface area contributed by atoms with Gasteiger partial charge in [-0.15, -0.1) is 0 Å². The third-order valence-electron chi connectivity index (χ3n) is 5.98. The van der Waals surface area contributed by atoms with Gasteiger partial charge in [0.25, 0.3) is 11.8 Å². The van der Waals surface area contributed by atoms with Gasteiger partial charge in [0.1, 0.15) is 0 Å². The van der Waals surface area contributed by atoms with Crippen LogP contribution in [0.3, 0.4) is 0 Å². The van der Waals surface area contributed by atoms with E-state index in [1.807, 2.05) is 38.1 Å². The zero-order valence-electron chi connectivity index (χ0n) is 18.8. The lowest BCUT2D eigenvalue weighted by atomic mass is 9.94. The highest BCUT2D eigenvalue weighted by atomic mass is 35.5. The number of aromatic nitrogens is 1. The van der Waals surface area contributed by atoms with E-state index >= 15 is 0 Å². The Hall–Kier alpha value is -3.33. The molecule has 8 nitrogen and oxygen atoms in total. The Morgan fingerprint density at radius 2 is 1.85 bits per heavy atom. The Labute approximate surface area is 201 Å². The number of nitrogens with zero attached hydrogens (tertiary/aromatic N) is 1. The van der Waals surface area contributed by atoms with Gasteiger partial charge in [0.05, 0.1) is 42.7 Å². The van der Waals surface area contributed by atoms with Crippen LogP contribution in [0.4, 0.5) is 5.69 Å². The number of amides is 1. The van der Waals surface area contributed by atoms with Crippen LogP contribution in [-0.4, -0.2) is 42.3 Å². The molecule has 2 aliphatic heterocycles. The number of nitrogens with one attached hydrogen (secondary N) is 1. The summed E-state index contributed by atoms with van der Waals surface area (Å²) in [6, 6.07) is 12.8. The lowest BCUT2D eigenvalue weighted by Crippen LogP contribution is -2.38. The fraction of sp³-hybridized carbons (Fsp3) is 0.280. The molecule has 2 N–H and O–H groups in total. The second kappa shape index (κ2) is 8.47. The summed E-state index contributed by atoms with van der Waals surface area (Å²) in [6.07, 6.45) is 0. The van der Waals surface area contributed by atoms with Crippen LogP contribution >= 0.6 is 11.6 Å². The third-order valence-corrected chi connectivity index (χ3v) is 6.29. The number of aliphatic hydroxyl groups is 1. The van der Waals surface area contributed by atoms with E-state index in [9.17, 15) is 9.90 Å². The van der Waals surface area contributed by atoms with Crippen LogP contribution in [0.25, 0.3) is 22.5 Å². The highest BCUT2D eigenvalue weighted by Gasteiger charge is 2.32. The fourth-order valence-corrected chi connectivity index (χ4v) is 4.33. The molecular weight excluding hydrogens is 460 g/mol. The van der Waals surface area contributed by atoms with Gasteiger partial charge >= 0.3 is 0 Å². The van der Waals surface area contributed by atoms with Gasteiger partial charge in [-0.25, -0.2) is 0 Å². The standard InChI is InChI=1S/C25H23ClN2O6/c1-25(2)32-11-15(12-33-25)13-4-6-14(7-5-13)16-8-17-19(9-18(16)26)27-24(30)22(17)23(29)20-10-21(31-3)28-34-20/h4-10,15,29H,11-12H2,1-3H3,(H,27,30)/b23-22+. The van der Waals surface area contributed by atoms with E-state index in [4.69, 9.17) is 30.3 Å². The quantitative estimate of drug-likeness (QED) is 0.386. The summed E-state index contributed by atoms with van der Waals surface area (Å²) in [4.78, 5) is 12.7. The molecule has 0 saturated carbocycles. The number of carbonyl (C=O) groups excluding carboxylic acids is 1. The van der Waals surface area contributed by atoms with Crippen molar-refractivity contribution in [3.05, 3.63) is 64.4 Å². The van der Waals surface area contributed by atoms with Gasteiger partial charge in [0, 0.05) is 17.0 Å². The Morgan fingerprint density at radius 1 is 1.15 bits per heavy atom. The summed E-state index contributed by atoms with van der Waals surface area (Å²) in [5.74, 6) is -1.01. The second-order valence-electron chi connectivity index (χ2n) is 8.63. The number of halogens is 1. The normalized spacial score (nSPS) is 19.0. The van der Waals surface area contributed by atoms with Gasteiger partial charge < -0.3 is 29.2 Å². The van der Waals surface area contributed by atoms with E-state index in [1.54, 1.807) is 12.1 Å². The first-order valence-corrected chi connectivity index (χ1v) is 11.1. The predicted octanol–water partition coefficient (Wildman–Crippen LogP) is 5.25. The smallest absolute Gasteiger partial charge is 0.260 e. The highest BCUT2D eigenvalue weighted by Crippen LogP contribution is 2.42. The van der Waals surface area contributed by atoms with E-state index in [1.165, 1.54) is 13.2 Å². The third kappa shape index (κ3) is 4.04. The van der Waals surface area contributed by atoms with Crippen molar-refractivity contribution in [3.63, 3.8) is 0 Å². The number of anilines is 1. The Kier molecular flexibility index (Phi) is 5.59. The molecule has 34 heavy (non-hydrogen) atoms. The Bertz CT molecular complexity index is 1290. The average molecular weight is 483 g/mol. The lowest BCUT2D eigenvalue weighted by Gasteiger charge is -2.35. The van der Waals surface area contributed by atoms with Crippen molar-refractivity contribution in [2.75, 3.05) is 25.6 Å². The number of benzene rings is 2. The number of hydrogen-bond donors (Lipinski definition) is 2. The number of ether oxygens (including phenoxy) is 3. The van der Waals surface area contributed by atoms with E-state index in [-0.39, 0.29) is 28.9 Å². The molecule has 9 heteroatoms. The monoisotopic (exact) mass is 482 g/mol. The maximum Gasteiger partial charge on any atom is 0.260 e. The maximum atomic E-state index is 12.7. The summed E-state index contributed by atoms with van der Waals surface area (Å²) >= 11 is 6.56. The molecule has 2 aromatic carbocycles. The summed E-state index contributed by atoms with van der Waals surface area (Å²) in [7, 11) is 1.43. The molecule has 0 aliphatic carbocycles. The number of hydrogen-bond acceptors (Lipinski definition) is 7. The molecule has 2 aliphatic rings. The van der Waals surface area contributed by atoms with Crippen molar-refractivity contribution < 1.29 is 28.6 Å². The molecule has 0 atom stereocenters. The summed E-state index contributed by atoms with van der Waals surface area (Å²) < 4.78 is 21.6. The number of fused-ring (bicyclic) bond motifs is 1. The first-order valence-electron chi connectivity index (χ1n) is 10.7. The molecule has 5 rings (SSSR count). The number of rotatable bonds is 4. The minimum atomic E-state index is -0.562. The van der Waals surface area contributed by atoms with Crippen molar-refractivity contribution in [1.29, 1.82) is 0 Å². The van der Waals surface area contributed by atoms with E-state index in [0.29, 0.717) is 29.5 Å². The van der Waals surface area contributed by atoms with E-state index < -0.39 is 11.7 Å². The Morgan fingerprint density at radius 3 is 2.50 bits per heavy atom. The van der Waals surface area contributed by atoms with E-state index in [2.05, 4.69) is 10.5 Å². The molecule has 0 spiro atoms. The first kappa shape index (κ1) is 22.5. The van der Waals surface area contributed by atoms with Gasteiger partial charge in [-0.05, 0) is 42.3 Å². The van der Waals surface area contributed by atoms with Crippen molar-refractivity contribution in [2.45, 2.75) is 25.6 Å². The van der Waals surface area contributed by atoms with Crippen LogP contribution in [0.1, 0.15) is 36.7 Å². The van der Waals surface area contributed by atoms with Crippen LogP contribution in [0.5, 0.6) is 5.88 Å². The molecule has 1 amide bonds. The molecule has 3 heterocycles. The summed E-state index contributed by atoms with van der Waals surface area (Å²) in [6.45, 7) is 4.97. The van der Waals surface area contributed by atoms with Gasteiger partial charge in [-0.2, -0.15) is 0 Å². The second-order valence-corrected chi connectivity index (χ2v) is 9.04. The van der Waals surface area contributed by atoms with Gasteiger partial charge in [-0.3, -0.25) is 4.79 Å². The number of aliphatic hydroxyl groups excluding tert-OH is 1. The van der Waals surface area contributed by atoms with Crippen molar-refractivity contribution in [3.8, 4) is 17.0 Å². The highest BCUT2D eigenvalue weighted by molar-refractivity contribution is 6.38.